The summed E-state index contributed by atoms with van der Waals surface area (Å²) in [6.07, 6.45) is 8.52. The lowest BCUT2D eigenvalue weighted by Gasteiger charge is -2.08. The number of hydrogen-bond donors (Lipinski definition) is 1. The second-order valence-electron chi connectivity index (χ2n) is 6.58. The minimum atomic E-state index is -0.232. The van der Waals surface area contributed by atoms with Crippen molar-refractivity contribution in [2.24, 2.45) is 0 Å². The third kappa shape index (κ3) is 2.80. The first kappa shape index (κ1) is 17.0. The summed E-state index contributed by atoms with van der Waals surface area (Å²) in [6.45, 7) is 1.86. The van der Waals surface area contributed by atoms with Gasteiger partial charge in [-0.25, -0.2) is 9.97 Å². The molecule has 1 amide bonds. The molecule has 0 aliphatic heterocycles. The first-order valence-corrected chi connectivity index (χ1v) is 9.11. The highest BCUT2D eigenvalue weighted by molar-refractivity contribution is 6.20. The van der Waals surface area contributed by atoms with Crippen LogP contribution in [0.1, 0.15) is 16.1 Å². The van der Waals surface area contributed by atoms with Crippen molar-refractivity contribution in [2.75, 3.05) is 5.32 Å². The van der Waals surface area contributed by atoms with Gasteiger partial charge in [-0.15, -0.1) is 0 Å². The lowest BCUT2D eigenvalue weighted by Crippen LogP contribution is -2.13. The highest BCUT2D eigenvalue weighted by atomic mass is 16.1. The van der Waals surface area contributed by atoms with Crippen molar-refractivity contribution in [1.29, 1.82) is 0 Å². The molecule has 0 bridgehead atoms. The minimum absolute atomic E-state index is 0.232. The molecule has 0 fully saturated rings. The van der Waals surface area contributed by atoms with E-state index in [1.165, 1.54) is 6.33 Å². The van der Waals surface area contributed by atoms with Crippen LogP contribution in [-0.2, 0) is 0 Å². The maximum Gasteiger partial charge on any atom is 0.258 e. The average Bonchev–Trinajstić information content (AvgIpc) is 3.11. The van der Waals surface area contributed by atoms with E-state index >= 15 is 0 Å². The van der Waals surface area contributed by atoms with E-state index in [-0.39, 0.29) is 5.91 Å². The minimum Gasteiger partial charge on any atom is -0.320 e. The van der Waals surface area contributed by atoms with Gasteiger partial charge >= 0.3 is 0 Å². The van der Waals surface area contributed by atoms with Crippen molar-refractivity contribution in [1.82, 2.24) is 24.3 Å². The number of nitrogens with one attached hydrogen (secondary N) is 1. The summed E-state index contributed by atoms with van der Waals surface area (Å²) in [5.41, 5.74) is 4.94. The number of aryl methyl sites for hydroxylation is 1. The molecular weight excluding hydrogens is 364 g/mol. The van der Waals surface area contributed by atoms with E-state index in [2.05, 4.69) is 25.3 Å². The Balaban J connectivity index is 1.79. The van der Waals surface area contributed by atoms with Crippen molar-refractivity contribution >= 4 is 28.1 Å². The van der Waals surface area contributed by atoms with Gasteiger partial charge in [-0.05, 0) is 43.3 Å². The molecule has 7 nitrogen and oxygen atoms in total. The molecule has 0 atom stereocenters. The SMILES string of the molecule is Cc1ncccc1NC(=O)c1c2c(-c3ccncc3)ncnc2n2ccccc12. The summed E-state index contributed by atoms with van der Waals surface area (Å²) in [6, 6.07) is 13.1. The fraction of sp³-hybridized carbons (Fsp3) is 0.0455. The molecule has 0 spiro atoms. The average molecular weight is 380 g/mol. The normalized spacial score (nSPS) is 11.1. The molecule has 5 aromatic heterocycles. The van der Waals surface area contributed by atoms with Crippen LogP contribution < -0.4 is 5.32 Å². The lowest BCUT2D eigenvalue weighted by molar-refractivity contribution is 0.102. The van der Waals surface area contributed by atoms with Crippen LogP contribution >= 0.6 is 0 Å². The number of aromatic nitrogens is 5. The number of carbonyl (C=O) groups is 1. The number of amides is 1. The zero-order valence-electron chi connectivity index (χ0n) is 15.6. The summed E-state index contributed by atoms with van der Waals surface area (Å²) in [5.74, 6) is -0.232. The number of hydrogen-bond acceptors (Lipinski definition) is 5. The smallest absolute Gasteiger partial charge is 0.258 e. The van der Waals surface area contributed by atoms with Crippen LogP contribution in [-0.4, -0.2) is 30.2 Å². The van der Waals surface area contributed by atoms with Gasteiger partial charge in [0.25, 0.3) is 5.91 Å². The van der Waals surface area contributed by atoms with Crippen LogP contribution in [0.3, 0.4) is 0 Å². The molecule has 5 rings (SSSR count). The second-order valence-corrected chi connectivity index (χ2v) is 6.58. The van der Waals surface area contributed by atoms with Crippen molar-refractivity contribution < 1.29 is 4.79 Å². The monoisotopic (exact) mass is 380 g/mol. The van der Waals surface area contributed by atoms with E-state index in [4.69, 9.17) is 0 Å². The van der Waals surface area contributed by atoms with E-state index in [1.54, 1.807) is 24.7 Å². The van der Waals surface area contributed by atoms with E-state index in [1.807, 2.05) is 53.9 Å². The van der Waals surface area contributed by atoms with Gasteiger partial charge < -0.3 is 9.72 Å². The third-order valence-corrected chi connectivity index (χ3v) is 4.86. The topological polar surface area (TPSA) is 85.1 Å². The summed E-state index contributed by atoms with van der Waals surface area (Å²) >= 11 is 0. The Bertz CT molecular complexity index is 1360. The summed E-state index contributed by atoms with van der Waals surface area (Å²) in [5, 5.41) is 3.69. The molecule has 140 valence electrons. The largest absolute Gasteiger partial charge is 0.320 e. The van der Waals surface area contributed by atoms with Crippen LogP contribution in [0.25, 0.3) is 27.8 Å². The summed E-state index contributed by atoms with van der Waals surface area (Å²) < 4.78 is 1.91. The maximum absolute atomic E-state index is 13.4. The number of carbonyl (C=O) groups excluding carboxylic acids is 1. The molecule has 29 heavy (non-hydrogen) atoms. The van der Waals surface area contributed by atoms with Crippen LogP contribution in [0.2, 0.25) is 0 Å². The van der Waals surface area contributed by atoms with Gasteiger partial charge in [0, 0.05) is 30.4 Å². The molecular formula is C22H16N6O. The van der Waals surface area contributed by atoms with Crippen LogP contribution in [0.5, 0.6) is 0 Å². The molecule has 1 N–H and O–H groups in total. The van der Waals surface area contributed by atoms with Gasteiger partial charge in [0.2, 0.25) is 0 Å². The second kappa shape index (κ2) is 6.79. The van der Waals surface area contributed by atoms with Gasteiger partial charge in [0.15, 0.2) is 0 Å². The Morgan fingerprint density at radius 1 is 0.966 bits per heavy atom. The molecule has 5 aromatic rings. The molecule has 0 radical (unpaired) electrons. The predicted octanol–water partition coefficient (Wildman–Crippen LogP) is 3.90. The maximum atomic E-state index is 13.4. The Hall–Kier alpha value is -4.13. The highest BCUT2D eigenvalue weighted by Crippen LogP contribution is 2.33. The van der Waals surface area contributed by atoms with Crippen molar-refractivity contribution in [3.8, 4) is 11.3 Å². The molecule has 0 saturated heterocycles. The standard InChI is InChI=1S/C22H16N6O/c1-14-16(5-4-9-24-14)27-22(29)18-17-6-2-3-12-28(17)21-19(18)20(25-13-26-21)15-7-10-23-11-8-15/h2-13H,1H3,(H,27,29). The molecule has 0 aromatic carbocycles. The Morgan fingerprint density at radius 3 is 2.66 bits per heavy atom. The molecule has 0 aliphatic rings. The highest BCUT2D eigenvalue weighted by Gasteiger charge is 2.23. The van der Waals surface area contributed by atoms with E-state index in [9.17, 15) is 4.79 Å². The Kier molecular flexibility index (Phi) is 3.98. The summed E-state index contributed by atoms with van der Waals surface area (Å²) in [7, 11) is 0. The molecule has 5 heterocycles. The molecule has 0 saturated carbocycles. The zero-order chi connectivity index (χ0) is 19.8. The van der Waals surface area contributed by atoms with Gasteiger partial charge in [-0.2, -0.15) is 0 Å². The fourth-order valence-electron chi connectivity index (χ4n) is 3.51. The predicted molar refractivity (Wildman–Crippen MR) is 111 cm³/mol. The van der Waals surface area contributed by atoms with Crippen molar-refractivity contribution in [3.05, 3.63) is 84.8 Å². The van der Waals surface area contributed by atoms with Crippen LogP contribution in [0.15, 0.2) is 73.6 Å². The number of fused-ring (bicyclic) bond motifs is 3. The number of nitrogens with zero attached hydrogens (tertiary/aromatic N) is 5. The quantitative estimate of drug-likeness (QED) is 0.513. The van der Waals surface area contributed by atoms with Crippen molar-refractivity contribution in [2.45, 2.75) is 6.92 Å². The van der Waals surface area contributed by atoms with Gasteiger partial charge in [0.05, 0.1) is 33.5 Å². The number of pyridine rings is 3. The van der Waals surface area contributed by atoms with Gasteiger partial charge in [0.1, 0.15) is 12.0 Å². The molecule has 0 unspecified atom stereocenters. The first-order valence-electron chi connectivity index (χ1n) is 9.11. The number of rotatable bonds is 3. The third-order valence-electron chi connectivity index (χ3n) is 4.86. The summed E-state index contributed by atoms with van der Waals surface area (Å²) in [4.78, 5) is 30.7. The van der Waals surface area contributed by atoms with E-state index < -0.39 is 0 Å². The Morgan fingerprint density at radius 2 is 1.83 bits per heavy atom. The fourth-order valence-corrected chi connectivity index (χ4v) is 3.51. The Labute approximate surface area is 166 Å². The van der Waals surface area contributed by atoms with Gasteiger partial charge in [-0.1, -0.05) is 6.07 Å². The zero-order valence-corrected chi connectivity index (χ0v) is 15.6. The van der Waals surface area contributed by atoms with Crippen LogP contribution in [0.4, 0.5) is 5.69 Å². The van der Waals surface area contributed by atoms with E-state index in [0.717, 1.165) is 16.8 Å². The van der Waals surface area contributed by atoms with Crippen molar-refractivity contribution in [3.63, 3.8) is 0 Å². The molecule has 0 aliphatic carbocycles. The number of anilines is 1. The van der Waals surface area contributed by atoms with Gasteiger partial charge in [-0.3, -0.25) is 14.8 Å². The lowest BCUT2D eigenvalue weighted by atomic mass is 10.1. The first-order chi connectivity index (χ1) is 14.2. The van der Waals surface area contributed by atoms with Crippen LogP contribution in [0, 0.1) is 6.92 Å². The van der Waals surface area contributed by atoms with E-state index in [0.29, 0.717) is 28.0 Å². The molecule has 7 heteroatoms.